The Bertz CT molecular complexity index is 1960. The van der Waals surface area contributed by atoms with Crippen LogP contribution in [0.15, 0.2) is 85.0 Å². The Hall–Kier alpha value is -4.60. The number of hydrazine groups is 1. The molecular weight excluding hydrogens is 677 g/mol. The number of phenolic OH excluding ortho intramolecular Hbond substituents is 1. The van der Waals surface area contributed by atoms with Gasteiger partial charge in [-0.05, 0) is 73.1 Å². The third kappa shape index (κ3) is 4.96. The van der Waals surface area contributed by atoms with Crippen molar-refractivity contribution < 1.29 is 29.0 Å². The van der Waals surface area contributed by atoms with Crippen LogP contribution in [0.3, 0.4) is 0 Å². The van der Waals surface area contributed by atoms with Gasteiger partial charge in [-0.3, -0.25) is 29.5 Å². The average Bonchev–Trinajstić information content (AvgIpc) is 3.48. The highest BCUT2D eigenvalue weighted by atomic mass is 35.5. The molecule has 2 saturated heterocycles. The Labute approximate surface area is 300 Å². The number of rotatable bonds is 9. The number of allylic oxidation sites excluding steroid dienone is 3. The van der Waals surface area contributed by atoms with Gasteiger partial charge in [-0.1, -0.05) is 78.2 Å². The predicted octanol–water partition coefficient (Wildman–Crippen LogP) is 6.83. The minimum Gasteiger partial charge on any atom is -0.507 e. The number of methoxy groups -OCH3 is 1. The summed E-state index contributed by atoms with van der Waals surface area (Å²) in [5, 5.41) is 13.6. The lowest BCUT2D eigenvalue weighted by Gasteiger charge is -2.50. The first-order valence-corrected chi connectivity index (χ1v) is 17.5. The summed E-state index contributed by atoms with van der Waals surface area (Å²) in [6.45, 7) is 6.09. The number of carbonyl (C=O) groups is 4. The quantitative estimate of drug-likeness (QED) is 0.185. The topological polar surface area (TPSA) is 116 Å². The molecule has 0 aromatic heterocycles. The molecule has 2 aliphatic carbocycles. The molecule has 6 atom stereocenters. The van der Waals surface area contributed by atoms with Gasteiger partial charge < -0.3 is 9.84 Å². The number of nitrogens with zero attached hydrogens (tertiary/aromatic N) is 2. The van der Waals surface area contributed by atoms with E-state index in [0.29, 0.717) is 59.0 Å². The van der Waals surface area contributed by atoms with Crippen LogP contribution in [0.5, 0.6) is 11.5 Å². The second-order valence-corrected chi connectivity index (χ2v) is 14.2. The minimum absolute atomic E-state index is 0.0125. The number of halogens is 2. The molecule has 3 fully saturated rings. The first-order chi connectivity index (χ1) is 24.1. The number of benzene rings is 3. The molecule has 11 heteroatoms. The lowest BCUT2D eigenvalue weighted by Crippen LogP contribution is -2.53. The minimum atomic E-state index is -1.57. The summed E-state index contributed by atoms with van der Waals surface area (Å²) in [5.41, 5.74) is 4.10. The third-order valence-corrected chi connectivity index (χ3v) is 11.5. The van der Waals surface area contributed by atoms with Crippen molar-refractivity contribution >= 4 is 52.5 Å². The zero-order valence-electron chi connectivity index (χ0n) is 27.7. The van der Waals surface area contributed by atoms with Crippen LogP contribution in [-0.2, 0) is 31.0 Å². The van der Waals surface area contributed by atoms with Crippen LogP contribution < -0.4 is 10.2 Å². The smallest absolute Gasteiger partial charge is 0.260 e. The molecule has 0 bridgehead atoms. The fourth-order valence-corrected chi connectivity index (χ4v) is 9.31. The fraction of sp³-hybridized carbons (Fsp3) is 0.333. The van der Waals surface area contributed by atoms with Crippen LogP contribution in [0.2, 0.25) is 10.0 Å². The number of likely N-dealkylation sites (tertiary alicyclic amines) is 1. The molecule has 1 saturated carbocycles. The highest BCUT2D eigenvalue weighted by molar-refractivity contribution is 6.36. The van der Waals surface area contributed by atoms with Crippen molar-refractivity contribution in [3.05, 3.63) is 112 Å². The van der Waals surface area contributed by atoms with Crippen LogP contribution in [0, 0.1) is 23.7 Å². The molecule has 7 rings (SSSR count). The number of nitrogens with one attached hydrogen (secondary N) is 1. The van der Waals surface area contributed by atoms with Crippen molar-refractivity contribution in [2.45, 2.75) is 43.9 Å². The number of hydrogen-bond acceptors (Lipinski definition) is 7. The maximum atomic E-state index is 15.4. The average molecular weight is 715 g/mol. The number of anilines is 1. The van der Waals surface area contributed by atoms with Crippen LogP contribution in [0.25, 0.3) is 0 Å². The van der Waals surface area contributed by atoms with Crippen LogP contribution in [0.4, 0.5) is 5.69 Å². The van der Waals surface area contributed by atoms with Gasteiger partial charge in [-0.25, -0.2) is 0 Å². The molecule has 258 valence electrons. The van der Waals surface area contributed by atoms with E-state index >= 15 is 4.79 Å². The van der Waals surface area contributed by atoms with Crippen molar-refractivity contribution in [3.8, 4) is 11.5 Å². The molecule has 9 nitrogen and oxygen atoms in total. The van der Waals surface area contributed by atoms with Crippen molar-refractivity contribution in [3.63, 3.8) is 0 Å². The molecule has 2 N–H and O–H groups in total. The van der Waals surface area contributed by atoms with Gasteiger partial charge in [0.25, 0.3) is 11.8 Å². The lowest BCUT2D eigenvalue weighted by molar-refractivity contribution is -0.141. The number of imide groups is 2. The molecule has 3 aromatic rings. The number of fused-ring (bicyclic) bond motifs is 4. The standard InChI is InChI=1S/C39H37Cl2N3O6/c1-4-7-21-8-6-9-27(34(21)45)33-25-15-16-26-32(37(48)43(18-5-2)35(26)46)28(25)20-29-36(47)44(42-31-17-12-23(40)19-30(31)41)38(49)39(29,33)22-10-13-24(50-3)14-11-22/h4,6,8-15,17,19,26,28-29,32-33,42,45H,1,5,7,16,18,20H2,2-3H3/t26-,28+,29-,32-,33+,39+/m0/s1. The van der Waals surface area contributed by atoms with E-state index < -0.39 is 46.8 Å². The number of hydrogen-bond donors (Lipinski definition) is 2. The lowest BCUT2D eigenvalue weighted by atomic mass is 9.49. The molecule has 4 aliphatic rings. The number of phenols is 1. The van der Waals surface area contributed by atoms with E-state index in [0.717, 1.165) is 10.6 Å². The summed E-state index contributed by atoms with van der Waals surface area (Å²) in [6.07, 6.45) is 5.09. The van der Waals surface area contributed by atoms with E-state index in [9.17, 15) is 19.5 Å². The van der Waals surface area contributed by atoms with Gasteiger partial charge in [0.15, 0.2) is 0 Å². The second-order valence-electron chi connectivity index (χ2n) is 13.4. The zero-order valence-corrected chi connectivity index (χ0v) is 29.2. The van der Waals surface area contributed by atoms with Crippen LogP contribution in [0.1, 0.15) is 48.8 Å². The Balaban J connectivity index is 1.48. The highest BCUT2D eigenvalue weighted by Crippen LogP contribution is 2.65. The van der Waals surface area contributed by atoms with Crippen molar-refractivity contribution in [1.29, 1.82) is 0 Å². The summed E-state index contributed by atoms with van der Waals surface area (Å²) in [7, 11) is 1.55. The third-order valence-electron chi connectivity index (χ3n) is 10.9. The molecule has 4 amide bonds. The van der Waals surface area contributed by atoms with Crippen molar-refractivity contribution in [2.75, 3.05) is 19.1 Å². The van der Waals surface area contributed by atoms with E-state index in [1.54, 1.807) is 61.7 Å². The van der Waals surface area contributed by atoms with Crippen LogP contribution in [-0.4, -0.2) is 52.3 Å². The fourth-order valence-electron chi connectivity index (χ4n) is 8.86. The maximum absolute atomic E-state index is 15.4. The van der Waals surface area contributed by atoms with E-state index in [2.05, 4.69) is 12.0 Å². The van der Waals surface area contributed by atoms with Gasteiger partial charge in [0, 0.05) is 23.0 Å². The first kappa shape index (κ1) is 33.9. The molecule has 2 heterocycles. The molecule has 0 spiro atoms. The molecule has 3 aromatic carbocycles. The van der Waals surface area contributed by atoms with Gasteiger partial charge in [0.1, 0.15) is 11.5 Å². The molecule has 50 heavy (non-hydrogen) atoms. The Morgan fingerprint density at radius 3 is 2.46 bits per heavy atom. The molecule has 0 unspecified atom stereocenters. The Kier molecular flexibility index (Phi) is 8.77. The van der Waals surface area contributed by atoms with Gasteiger partial charge >= 0.3 is 0 Å². The van der Waals surface area contributed by atoms with Gasteiger partial charge in [-0.2, -0.15) is 5.01 Å². The monoisotopic (exact) mass is 713 g/mol. The summed E-state index contributed by atoms with van der Waals surface area (Å²) in [6, 6.07) is 17.2. The molecule has 0 radical (unpaired) electrons. The number of aromatic hydroxyl groups is 1. The number of ether oxygens (including phenoxy) is 1. The van der Waals surface area contributed by atoms with E-state index in [4.69, 9.17) is 27.9 Å². The van der Waals surface area contributed by atoms with E-state index in [-0.39, 0.29) is 29.0 Å². The predicted molar refractivity (Wildman–Crippen MR) is 190 cm³/mol. The second kappa shape index (κ2) is 12.9. The number of para-hydroxylation sites is 1. The van der Waals surface area contributed by atoms with Gasteiger partial charge in [0.2, 0.25) is 11.8 Å². The Morgan fingerprint density at radius 2 is 1.78 bits per heavy atom. The molecular formula is C39H37Cl2N3O6. The summed E-state index contributed by atoms with van der Waals surface area (Å²) < 4.78 is 5.46. The Morgan fingerprint density at radius 1 is 1.02 bits per heavy atom. The normalized spacial score (nSPS) is 27.1. The number of amides is 4. The summed E-state index contributed by atoms with van der Waals surface area (Å²) in [5.74, 6) is -4.61. The van der Waals surface area contributed by atoms with Gasteiger partial charge in [0.05, 0.1) is 41.0 Å². The van der Waals surface area contributed by atoms with E-state index in [1.165, 1.54) is 11.0 Å². The maximum Gasteiger partial charge on any atom is 0.260 e. The summed E-state index contributed by atoms with van der Waals surface area (Å²) >= 11 is 12.7. The van der Waals surface area contributed by atoms with Crippen LogP contribution >= 0.6 is 23.2 Å². The highest BCUT2D eigenvalue weighted by Gasteiger charge is 2.70. The zero-order chi connectivity index (χ0) is 35.5. The van der Waals surface area contributed by atoms with Crippen molar-refractivity contribution in [1.82, 2.24) is 9.91 Å². The SMILES string of the molecule is C=CCc1cccc([C@H]2C3=CC[C@@H]4C(=O)N(CCC)C(=O)[C@@H]4[C@@H]3C[C@H]3C(=O)N(Nc4ccc(Cl)cc4Cl)C(=O)[C@@]23c2ccc(OC)cc2)c1O. The van der Waals surface area contributed by atoms with E-state index in [1.807, 2.05) is 19.1 Å². The van der Waals surface area contributed by atoms with Crippen molar-refractivity contribution in [2.24, 2.45) is 23.7 Å². The van der Waals surface area contributed by atoms with Gasteiger partial charge in [-0.15, -0.1) is 6.58 Å². The summed E-state index contributed by atoms with van der Waals surface area (Å²) in [4.78, 5) is 59.2. The molecule has 2 aliphatic heterocycles. The first-order valence-electron chi connectivity index (χ1n) is 16.8. The largest absolute Gasteiger partial charge is 0.507 e. The number of carbonyl (C=O) groups excluding carboxylic acids is 4.